The highest BCUT2D eigenvalue weighted by Crippen LogP contribution is 2.27. The molecule has 6 nitrogen and oxygen atoms in total. The summed E-state index contributed by atoms with van der Waals surface area (Å²) < 4.78 is 5.30. The molecule has 1 aliphatic carbocycles. The highest BCUT2D eigenvalue weighted by Gasteiger charge is 2.33. The van der Waals surface area contributed by atoms with Crippen LogP contribution in [0.2, 0.25) is 0 Å². The van der Waals surface area contributed by atoms with Crippen LogP contribution in [0.5, 0.6) is 0 Å². The Morgan fingerprint density at radius 3 is 2.68 bits per heavy atom. The highest BCUT2D eigenvalue weighted by molar-refractivity contribution is 5.78. The lowest BCUT2D eigenvalue weighted by Crippen LogP contribution is -2.57. The maximum atomic E-state index is 12.2. The summed E-state index contributed by atoms with van der Waals surface area (Å²) >= 11 is 0. The lowest BCUT2D eigenvalue weighted by Gasteiger charge is -2.38. The zero-order valence-electron chi connectivity index (χ0n) is 13.2. The van der Waals surface area contributed by atoms with Crippen molar-refractivity contribution in [1.82, 2.24) is 16.0 Å². The van der Waals surface area contributed by atoms with Gasteiger partial charge in [-0.2, -0.15) is 0 Å². The van der Waals surface area contributed by atoms with Gasteiger partial charge in [0.1, 0.15) is 6.61 Å². The summed E-state index contributed by atoms with van der Waals surface area (Å²) in [5.41, 5.74) is -0.288. The van der Waals surface area contributed by atoms with E-state index in [4.69, 9.17) is 4.74 Å². The SMILES string of the molecule is O=C1COC/C=C/CNCCC(=O)NC2(CCCCC2)CN1. The van der Waals surface area contributed by atoms with E-state index in [1.165, 1.54) is 6.42 Å². The van der Waals surface area contributed by atoms with Gasteiger partial charge in [-0.15, -0.1) is 0 Å². The average Bonchev–Trinajstić information content (AvgIpc) is 2.52. The Morgan fingerprint density at radius 2 is 1.86 bits per heavy atom. The first kappa shape index (κ1) is 17.0. The van der Waals surface area contributed by atoms with E-state index in [9.17, 15) is 9.59 Å². The first-order valence-corrected chi connectivity index (χ1v) is 8.21. The molecule has 0 aromatic carbocycles. The molecule has 0 aromatic rings. The fourth-order valence-corrected chi connectivity index (χ4v) is 3.01. The van der Waals surface area contributed by atoms with E-state index in [1.54, 1.807) is 0 Å². The zero-order valence-corrected chi connectivity index (χ0v) is 13.2. The maximum Gasteiger partial charge on any atom is 0.246 e. The van der Waals surface area contributed by atoms with Crippen molar-refractivity contribution in [2.45, 2.75) is 44.1 Å². The summed E-state index contributed by atoms with van der Waals surface area (Å²) in [4.78, 5) is 24.0. The van der Waals surface area contributed by atoms with Gasteiger partial charge in [0.15, 0.2) is 0 Å². The van der Waals surface area contributed by atoms with E-state index < -0.39 is 0 Å². The average molecular weight is 309 g/mol. The minimum absolute atomic E-state index is 0.0544. The second-order valence-electron chi connectivity index (χ2n) is 6.11. The number of amides is 2. The first-order valence-electron chi connectivity index (χ1n) is 8.21. The van der Waals surface area contributed by atoms with Crippen LogP contribution >= 0.6 is 0 Å². The summed E-state index contributed by atoms with van der Waals surface area (Å²) in [5, 5.41) is 9.28. The third-order valence-corrected chi connectivity index (χ3v) is 4.24. The molecule has 124 valence electrons. The number of nitrogens with one attached hydrogen (secondary N) is 3. The lowest BCUT2D eigenvalue weighted by atomic mass is 9.81. The van der Waals surface area contributed by atoms with Crippen molar-refractivity contribution in [3.05, 3.63) is 12.2 Å². The smallest absolute Gasteiger partial charge is 0.246 e. The number of carbonyl (C=O) groups excluding carboxylic acids is 2. The van der Waals surface area contributed by atoms with Crippen molar-refractivity contribution in [2.24, 2.45) is 0 Å². The van der Waals surface area contributed by atoms with Crippen molar-refractivity contribution in [2.75, 3.05) is 32.8 Å². The fourth-order valence-electron chi connectivity index (χ4n) is 3.01. The first-order chi connectivity index (χ1) is 10.7. The van der Waals surface area contributed by atoms with E-state index in [0.29, 0.717) is 32.7 Å². The van der Waals surface area contributed by atoms with Crippen molar-refractivity contribution in [1.29, 1.82) is 0 Å². The van der Waals surface area contributed by atoms with Gasteiger partial charge in [0, 0.05) is 26.1 Å². The van der Waals surface area contributed by atoms with E-state index >= 15 is 0 Å². The van der Waals surface area contributed by atoms with Crippen molar-refractivity contribution >= 4 is 11.8 Å². The van der Waals surface area contributed by atoms with Gasteiger partial charge in [0.2, 0.25) is 11.8 Å². The standard InChI is InChI=1S/C16H27N3O3/c20-14-6-10-17-9-4-5-11-22-12-15(21)18-13-16(19-14)7-2-1-3-8-16/h4-5,17H,1-3,6-13H2,(H,18,21)(H,19,20)/b5-4+. The van der Waals surface area contributed by atoms with Gasteiger partial charge in [-0.1, -0.05) is 31.4 Å². The largest absolute Gasteiger partial charge is 0.368 e. The van der Waals surface area contributed by atoms with E-state index in [-0.39, 0.29) is 24.0 Å². The van der Waals surface area contributed by atoms with Gasteiger partial charge >= 0.3 is 0 Å². The van der Waals surface area contributed by atoms with Crippen LogP contribution in [0.3, 0.4) is 0 Å². The lowest BCUT2D eigenvalue weighted by molar-refractivity contribution is -0.127. The molecule has 6 heteroatoms. The number of rotatable bonds is 0. The molecule has 0 bridgehead atoms. The summed E-state index contributed by atoms with van der Waals surface area (Å²) in [7, 11) is 0. The summed E-state index contributed by atoms with van der Waals surface area (Å²) in [6.45, 7) is 2.33. The van der Waals surface area contributed by atoms with Crippen molar-refractivity contribution in [3.63, 3.8) is 0 Å². The number of hydrogen-bond donors (Lipinski definition) is 3. The quantitative estimate of drug-likeness (QED) is 0.569. The van der Waals surface area contributed by atoms with Crippen LogP contribution in [0.4, 0.5) is 0 Å². The Labute approximate surface area is 132 Å². The van der Waals surface area contributed by atoms with Gasteiger partial charge in [0.05, 0.1) is 12.1 Å². The van der Waals surface area contributed by atoms with Crippen LogP contribution in [-0.2, 0) is 14.3 Å². The number of hydrogen-bond acceptors (Lipinski definition) is 4. The summed E-state index contributed by atoms with van der Waals surface area (Å²) in [6.07, 6.45) is 9.51. The molecule has 0 saturated heterocycles. The van der Waals surface area contributed by atoms with Crippen molar-refractivity contribution in [3.8, 4) is 0 Å². The van der Waals surface area contributed by atoms with Gasteiger partial charge in [-0.25, -0.2) is 0 Å². The number of carbonyl (C=O) groups is 2. The second kappa shape index (κ2) is 8.90. The minimum atomic E-state index is -0.288. The Hall–Kier alpha value is -1.40. The highest BCUT2D eigenvalue weighted by atomic mass is 16.5. The van der Waals surface area contributed by atoms with E-state index in [2.05, 4.69) is 16.0 Å². The van der Waals surface area contributed by atoms with Crippen molar-refractivity contribution < 1.29 is 14.3 Å². The molecule has 0 radical (unpaired) electrons. The van der Waals surface area contributed by atoms with E-state index in [0.717, 1.165) is 25.7 Å². The third kappa shape index (κ3) is 5.77. The minimum Gasteiger partial charge on any atom is -0.368 e. The molecular weight excluding hydrogens is 282 g/mol. The van der Waals surface area contributed by atoms with Gasteiger partial charge in [-0.3, -0.25) is 9.59 Å². The van der Waals surface area contributed by atoms with Crippen LogP contribution in [-0.4, -0.2) is 50.2 Å². The molecule has 2 aliphatic rings. The molecule has 1 aliphatic heterocycles. The van der Waals surface area contributed by atoms with Crippen LogP contribution in [0, 0.1) is 0 Å². The topological polar surface area (TPSA) is 79.5 Å². The molecule has 1 fully saturated rings. The molecule has 1 saturated carbocycles. The monoisotopic (exact) mass is 309 g/mol. The maximum absolute atomic E-state index is 12.2. The fraction of sp³-hybridized carbons (Fsp3) is 0.750. The molecule has 0 unspecified atom stereocenters. The van der Waals surface area contributed by atoms with E-state index in [1.807, 2.05) is 12.2 Å². The van der Waals surface area contributed by atoms with Crippen LogP contribution in [0.15, 0.2) is 12.2 Å². The summed E-state index contributed by atoms with van der Waals surface area (Å²) in [6, 6.07) is 0. The molecule has 2 amide bonds. The number of ether oxygens (including phenoxy) is 1. The Morgan fingerprint density at radius 1 is 1.05 bits per heavy atom. The molecule has 1 spiro atoms. The Bertz CT molecular complexity index is 403. The van der Waals surface area contributed by atoms with Gasteiger partial charge < -0.3 is 20.7 Å². The van der Waals surface area contributed by atoms with Crippen LogP contribution in [0.1, 0.15) is 38.5 Å². The van der Waals surface area contributed by atoms with Crippen LogP contribution in [0.25, 0.3) is 0 Å². The van der Waals surface area contributed by atoms with Crippen LogP contribution < -0.4 is 16.0 Å². The molecule has 0 atom stereocenters. The Kier molecular flexibility index (Phi) is 6.86. The molecule has 0 aromatic heterocycles. The zero-order chi connectivity index (χ0) is 15.7. The Balaban J connectivity index is 1.97. The molecule has 1 heterocycles. The predicted octanol–water partition coefficient (Wildman–Crippen LogP) is 0.488. The molecular formula is C16H27N3O3. The third-order valence-electron chi connectivity index (χ3n) is 4.24. The molecule has 22 heavy (non-hydrogen) atoms. The second-order valence-corrected chi connectivity index (χ2v) is 6.11. The predicted molar refractivity (Wildman–Crippen MR) is 84.4 cm³/mol. The molecule has 3 N–H and O–H groups in total. The van der Waals surface area contributed by atoms with Gasteiger partial charge in [-0.05, 0) is 12.8 Å². The molecule has 2 rings (SSSR count). The summed E-state index contributed by atoms with van der Waals surface area (Å²) in [5.74, 6) is -0.0701. The normalized spacial score (nSPS) is 26.4. The van der Waals surface area contributed by atoms with Gasteiger partial charge in [0.25, 0.3) is 0 Å².